The van der Waals surface area contributed by atoms with Crippen molar-refractivity contribution in [2.75, 3.05) is 11.9 Å². The fourth-order valence-electron chi connectivity index (χ4n) is 5.32. The summed E-state index contributed by atoms with van der Waals surface area (Å²) in [6.07, 6.45) is 8.53. The van der Waals surface area contributed by atoms with Crippen molar-refractivity contribution in [3.8, 4) is 5.82 Å². The molecule has 2 fully saturated rings. The first-order chi connectivity index (χ1) is 17.3. The number of hydrogen-bond acceptors (Lipinski definition) is 7. The van der Waals surface area contributed by atoms with E-state index in [2.05, 4.69) is 59.6 Å². The molecule has 0 bridgehead atoms. The van der Waals surface area contributed by atoms with Gasteiger partial charge in [-0.25, -0.2) is 24.3 Å². The smallest absolute Gasteiger partial charge is 0.278 e. The van der Waals surface area contributed by atoms with Gasteiger partial charge in [-0.1, -0.05) is 13.0 Å². The van der Waals surface area contributed by atoms with Gasteiger partial charge in [0.25, 0.3) is 5.56 Å². The third-order valence-electron chi connectivity index (χ3n) is 7.91. The van der Waals surface area contributed by atoms with Gasteiger partial charge < -0.3 is 10.6 Å². The van der Waals surface area contributed by atoms with Crippen LogP contribution in [0.2, 0.25) is 0 Å². The Morgan fingerprint density at radius 2 is 1.92 bits per heavy atom. The minimum absolute atomic E-state index is 0.0297. The van der Waals surface area contributed by atoms with Gasteiger partial charge in [-0.05, 0) is 75.8 Å². The monoisotopic (exact) mass is 482 g/mol. The van der Waals surface area contributed by atoms with E-state index < -0.39 is 0 Å². The van der Waals surface area contributed by atoms with E-state index in [0.717, 1.165) is 50.2 Å². The quantitative estimate of drug-likeness (QED) is 0.445. The van der Waals surface area contributed by atoms with E-state index in [1.54, 1.807) is 17.1 Å². The predicted octanol–water partition coefficient (Wildman–Crippen LogP) is 3.88. The maximum Gasteiger partial charge on any atom is 0.278 e. The first-order valence-corrected chi connectivity index (χ1v) is 12.8. The van der Waals surface area contributed by atoms with Gasteiger partial charge in [-0.2, -0.15) is 4.98 Å². The molecule has 0 radical (unpaired) electrons. The molecule has 184 valence electrons. The zero-order valence-electron chi connectivity index (χ0n) is 20.9. The molecular formula is C27H30N8O. The summed E-state index contributed by atoms with van der Waals surface area (Å²) in [6.45, 7) is 7.56. The van der Waals surface area contributed by atoms with Crippen molar-refractivity contribution < 1.29 is 0 Å². The Labute approximate surface area is 209 Å². The number of benzene rings is 1. The summed E-state index contributed by atoms with van der Waals surface area (Å²) in [6, 6.07) is 8.44. The lowest BCUT2D eigenvalue weighted by Crippen LogP contribution is -2.42. The highest BCUT2D eigenvalue weighted by molar-refractivity contribution is 5.77. The van der Waals surface area contributed by atoms with Crippen LogP contribution in [0.25, 0.3) is 16.9 Å². The average molecular weight is 483 g/mol. The Balaban J connectivity index is 1.32. The van der Waals surface area contributed by atoms with Gasteiger partial charge in [-0.15, -0.1) is 0 Å². The molecule has 7 rings (SSSR count). The molecule has 0 saturated heterocycles. The van der Waals surface area contributed by atoms with Crippen LogP contribution in [0.1, 0.15) is 69.4 Å². The number of anilines is 2. The molecular weight excluding hydrogens is 452 g/mol. The predicted molar refractivity (Wildman–Crippen MR) is 138 cm³/mol. The molecule has 9 heteroatoms. The molecule has 9 nitrogen and oxygen atoms in total. The van der Waals surface area contributed by atoms with Crippen molar-refractivity contribution in [2.45, 2.75) is 69.9 Å². The van der Waals surface area contributed by atoms with Crippen molar-refractivity contribution in [1.29, 1.82) is 0 Å². The number of hydrogen-bond donors (Lipinski definition) is 2. The van der Waals surface area contributed by atoms with Crippen LogP contribution in [0.5, 0.6) is 0 Å². The number of nitrogens with zero attached hydrogens (tertiary/aromatic N) is 6. The number of nitrogens with one attached hydrogen (secondary N) is 2. The normalized spacial score (nSPS) is 19.8. The summed E-state index contributed by atoms with van der Waals surface area (Å²) in [5.74, 6) is 1.97. The minimum Gasteiger partial charge on any atom is -0.324 e. The maximum absolute atomic E-state index is 13.4. The van der Waals surface area contributed by atoms with Gasteiger partial charge in [0.05, 0.1) is 6.04 Å². The van der Waals surface area contributed by atoms with Crippen LogP contribution < -0.4 is 16.2 Å². The van der Waals surface area contributed by atoms with Crippen molar-refractivity contribution in [3.63, 3.8) is 0 Å². The van der Waals surface area contributed by atoms with Crippen molar-refractivity contribution in [3.05, 3.63) is 64.0 Å². The highest BCUT2D eigenvalue weighted by Crippen LogP contribution is 2.46. The molecule has 2 N–H and O–H groups in total. The van der Waals surface area contributed by atoms with Gasteiger partial charge in [0.1, 0.15) is 11.2 Å². The Bertz CT molecular complexity index is 1570. The molecule has 1 aromatic carbocycles. The molecule has 2 aliphatic carbocycles. The Hall–Kier alpha value is -3.59. The molecule has 4 heterocycles. The van der Waals surface area contributed by atoms with Gasteiger partial charge >= 0.3 is 0 Å². The Morgan fingerprint density at radius 1 is 1.08 bits per heavy atom. The largest absolute Gasteiger partial charge is 0.324 e. The first-order valence-electron chi connectivity index (χ1n) is 12.8. The highest BCUT2D eigenvalue weighted by atomic mass is 16.1. The van der Waals surface area contributed by atoms with E-state index in [-0.39, 0.29) is 22.6 Å². The van der Waals surface area contributed by atoms with E-state index in [1.165, 1.54) is 11.1 Å². The third kappa shape index (κ3) is 3.44. The highest BCUT2D eigenvalue weighted by Gasteiger charge is 2.42. The van der Waals surface area contributed by atoms with E-state index in [4.69, 9.17) is 9.97 Å². The van der Waals surface area contributed by atoms with Crippen LogP contribution in [0, 0.1) is 0 Å². The molecule has 1 aliphatic heterocycles. The second-order valence-corrected chi connectivity index (χ2v) is 11.2. The Kier molecular flexibility index (Phi) is 4.49. The summed E-state index contributed by atoms with van der Waals surface area (Å²) in [5, 5.41) is 7.45. The fraction of sp³-hybridized carbons (Fsp3) is 0.444. The van der Waals surface area contributed by atoms with Crippen LogP contribution in [0.4, 0.5) is 11.6 Å². The van der Waals surface area contributed by atoms with Crippen LogP contribution >= 0.6 is 0 Å². The third-order valence-corrected chi connectivity index (χ3v) is 7.91. The van der Waals surface area contributed by atoms with Gasteiger partial charge in [-0.3, -0.25) is 4.79 Å². The average Bonchev–Trinajstić information content (AvgIpc) is 3.79. The van der Waals surface area contributed by atoms with E-state index in [1.807, 2.05) is 10.7 Å². The number of fused-ring (bicyclic) bond motifs is 2. The zero-order valence-corrected chi connectivity index (χ0v) is 20.9. The SMILES string of the molecule is CC1(c2nccc(-n3c4nc(Nc5ccc6c(c5)CCNC6(C)C)ncc4c(=O)n3C3CC3)n2)CC1. The van der Waals surface area contributed by atoms with Gasteiger partial charge in [0.2, 0.25) is 5.95 Å². The van der Waals surface area contributed by atoms with Crippen molar-refractivity contribution >= 4 is 22.7 Å². The van der Waals surface area contributed by atoms with Crippen LogP contribution in [-0.2, 0) is 17.4 Å². The van der Waals surface area contributed by atoms with Gasteiger partial charge in [0.15, 0.2) is 11.5 Å². The summed E-state index contributed by atoms with van der Waals surface area (Å²) in [5.41, 5.74) is 4.06. The summed E-state index contributed by atoms with van der Waals surface area (Å²) < 4.78 is 3.68. The second kappa shape index (κ2) is 7.46. The lowest BCUT2D eigenvalue weighted by Gasteiger charge is -2.34. The Morgan fingerprint density at radius 3 is 2.69 bits per heavy atom. The first kappa shape index (κ1) is 21.7. The van der Waals surface area contributed by atoms with Crippen molar-refractivity contribution in [2.24, 2.45) is 0 Å². The van der Waals surface area contributed by atoms with Crippen LogP contribution in [0.15, 0.2) is 41.5 Å². The van der Waals surface area contributed by atoms with E-state index >= 15 is 0 Å². The van der Waals surface area contributed by atoms with Gasteiger partial charge in [0, 0.05) is 35.1 Å². The standard InChI is InChI=1S/C27H30N8O/c1-26(2)20-7-4-17(14-16(20)8-13-30-26)31-25-29-15-19-22(33-25)35(34(23(19)36)18-5-6-18)21-9-12-28-24(32-21)27(3)10-11-27/h4,7,9,12,14-15,18,30H,5-6,8,10-11,13H2,1-3H3,(H,29,31,33). The van der Waals surface area contributed by atoms with Crippen LogP contribution in [0.3, 0.4) is 0 Å². The maximum atomic E-state index is 13.4. The molecule has 2 saturated carbocycles. The van der Waals surface area contributed by atoms with Crippen molar-refractivity contribution in [1.82, 2.24) is 34.6 Å². The molecule has 0 unspecified atom stereocenters. The molecule has 36 heavy (non-hydrogen) atoms. The number of rotatable bonds is 5. The summed E-state index contributed by atoms with van der Waals surface area (Å²) in [4.78, 5) is 32.1. The minimum atomic E-state index is -0.0691. The fourth-order valence-corrected chi connectivity index (χ4v) is 5.32. The molecule has 3 aromatic heterocycles. The topological polar surface area (TPSA) is 103 Å². The summed E-state index contributed by atoms with van der Waals surface area (Å²) in [7, 11) is 0. The summed E-state index contributed by atoms with van der Waals surface area (Å²) >= 11 is 0. The van der Waals surface area contributed by atoms with E-state index in [0.29, 0.717) is 22.8 Å². The van der Waals surface area contributed by atoms with Crippen LogP contribution in [-0.4, -0.2) is 35.8 Å². The number of aromatic nitrogens is 6. The zero-order chi connectivity index (χ0) is 24.7. The molecule has 3 aliphatic rings. The molecule has 0 atom stereocenters. The molecule has 0 spiro atoms. The second-order valence-electron chi connectivity index (χ2n) is 11.2. The molecule has 4 aromatic rings. The lowest BCUT2D eigenvalue weighted by atomic mass is 9.85. The molecule has 0 amide bonds. The lowest BCUT2D eigenvalue weighted by molar-refractivity contribution is 0.382. The van der Waals surface area contributed by atoms with E-state index in [9.17, 15) is 4.79 Å².